The third-order valence-corrected chi connectivity index (χ3v) is 10.3. The van der Waals surface area contributed by atoms with Crippen LogP contribution < -0.4 is 21.9 Å². The molecule has 2 bridgehead atoms. The predicted octanol–water partition coefficient (Wildman–Crippen LogP) is 4.73. The molecular weight excluding hydrogens is 550 g/mol. The molecule has 43 heavy (non-hydrogen) atoms. The first-order valence-corrected chi connectivity index (χ1v) is 15.5. The maximum absolute atomic E-state index is 14.1. The second-order valence-corrected chi connectivity index (χ2v) is 13.6. The molecule has 0 radical (unpaired) electrons. The number of anilines is 1. The number of rotatable bonds is 5. The number of piperazine rings is 1. The molecule has 3 saturated carbocycles. The molecule has 8 nitrogen and oxygen atoms in total. The van der Waals surface area contributed by atoms with Gasteiger partial charge in [0.05, 0.1) is 16.9 Å². The van der Waals surface area contributed by atoms with Crippen LogP contribution in [0.25, 0.3) is 10.9 Å². The second-order valence-electron chi connectivity index (χ2n) is 13.6. The maximum atomic E-state index is 14.1. The monoisotopic (exact) mass is 592 g/mol. The zero-order valence-electron chi connectivity index (χ0n) is 25.6. The summed E-state index contributed by atoms with van der Waals surface area (Å²) in [7, 11) is 0. The topological polar surface area (TPSA) is 94.5 Å². The molecular formula is C33H42F2N6O2. The van der Waals surface area contributed by atoms with Gasteiger partial charge in [-0.3, -0.25) is 9.36 Å². The van der Waals surface area contributed by atoms with Crippen LogP contribution in [0.2, 0.25) is 0 Å². The predicted molar refractivity (Wildman–Crippen MR) is 167 cm³/mol. The highest BCUT2D eigenvalue weighted by Crippen LogP contribution is 2.61. The molecule has 0 amide bonds. The summed E-state index contributed by atoms with van der Waals surface area (Å²) in [5.74, 6) is 1.31. The lowest BCUT2D eigenvalue weighted by atomic mass is 9.45. The van der Waals surface area contributed by atoms with E-state index in [0.29, 0.717) is 46.2 Å². The van der Waals surface area contributed by atoms with Gasteiger partial charge in [0.1, 0.15) is 11.6 Å². The van der Waals surface area contributed by atoms with Crippen LogP contribution in [0.1, 0.15) is 53.0 Å². The fraction of sp³-hybridized carbons (Fsp3) is 0.545. The fourth-order valence-electron chi connectivity index (χ4n) is 7.76. The van der Waals surface area contributed by atoms with Crippen LogP contribution in [-0.4, -0.2) is 51.6 Å². The van der Waals surface area contributed by atoms with Crippen molar-refractivity contribution in [1.82, 2.24) is 19.8 Å². The third-order valence-electron chi connectivity index (χ3n) is 10.3. The summed E-state index contributed by atoms with van der Waals surface area (Å²) >= 11 is 0. The number of nitrogens with one attached hydrogen (secondary N) is 3. The van der Waals surface area contributed by atoms with Crippen molar-refractivity contribution in [1.29, 1.82) is 0 Å². The van der Waals surface area contributed by atoms with Gasteiger partial charge in [0.2, 0.25) is 0 Å². The molecule has 230 valence electrons. The Morgan fingerprint density at radius 2 is 1.79 bits per heavy atom. The Morgan fingerprint density at radius 3 is 2.47 bits per heavy atom. The fourth-order valence-corrected chi connectivity index (χ4v) is 7.76. The molecule has 4 aliphatic rings. The van der Waals surface area contributed by atoms with E-state index in [0.717, 1.165) is 47.9 Å². The van der Waals surface area contributed by atoms with Gasteiger partial charge in [-0.2, -0.15) is 0 Å². The van der Waals surface area contributed by atoms with Gasteiger partial charge in [-0.05, 0) is 86.1 Å². The number of halogens is 2. The number of guanidine groups is 1. The van der Waals surface area contributed by atoms with Crippen molar-refractivity contribution in [2.45, 2.75) is 78.6 Å². The highest BCUT2D eigenvalue weighted by molar-refractivity contribution is 5.96. The zero-order chi connectivity index (χ0) is 30.6. The number of nitrogens with zero attached hydrogens (tertiary/aromatic N) is 3. The lowest BCUT2D eigenvalue weighted by Crippen LogP contribution is -2.59. The minimum Gasteiger partial charge on any atom is -0.340 e. The van der Waals surface area contributed by atoms with Crippen LogP contribution in [0.5, 0.6) is 0 Å². The maximum Gasteiger partial charge on any atom is 0.328 e. The molecule has 3 aliphatic carbocycles. The molecule has 1 aliphatic heterocycles. The summed E-state index contributed by atoms with van der Waals surface area (Å²) in [5.41, 5.74) is 0.739. The third kappa shape index (κ3) is 5.61. The Labute approximate surface area is 250 Å². The number of hydrogen-bond acceptors (Lipinski definition) is 4. The van der Waals surface area contributed by atoms with Gasteiger partial charge in [-0.1, -0.05) is 26.8 Å². The number of H-pyrrole nitrogens is 1. The standard InChI is InChI=1S/C33H42F2N6O2/c1-18-16-40(17-19(2)36-18)31(38-28-13-22-12-26(20(28)3)33(22,4)5)37-24-8-9-25-29(15-24)39-32(43)41(30(25)42)11-10-21-6-7-23(34)14-27(21)35/h6-9,14-15,18-20,22,26,28,36H,10-13,16-17H2,1-5H3,(H,37,38)(H,39,43). The van der Waals surface area contributed by atoms with Crippen LogP contribution >= 0.6 is 0 Å². The largest absolute Gasteiger partial charge is 0.340 e. The van der Waals surface area contributed by atoms with Crippen molar-refractivity contribution < 1.29 is 8.78 Å². The Kier molecular flexibility index (Phi) is 7.69. The Bertz CT molecular complexity index is 1670. The number of aromatic amines is 1. The molecule has 1 saturated heterocycles. The lowest BCUT2D eigenvalue weighted by Gasteiger charge is -2.61. The summed E-state index contributed by atoms with van der Waals surface area (Å²) in [4.78, 5) is 36.7. The van der Waals surface area contributed by atoms with Gasteiger partial charge in [0, 0.05) is 43.5 Å². The first-order chi connectivity index (χ1) is 20.4. The van der Waals surface area contributed by atoms with Gasteiger partial charge in [-0.15, -0.1) is 0 Å². The normalized spacial score (nSPS) is 28.5. The van der Waals surface area contributed by atoms with E-state index in [-0.39, 0.29) is 24.6 Å². The number of hydrogen-bond donors (Lipinski definition) is 3. The van der Waals surface area contributed by atoms with Crippen molar-refractivity contribution >= 4 is 22.5 Å². The molecule has 3 aromatic rings. The zero-order valence-corrected chi connectivity index (χ0v) is 25.6. The summed E-state index contributed by atoms with van der Waals surface area (Å²) in [5, 5.41) is 7.51. The molecule has 1 aromatic heterocycles. The molecule has 6 unspecified atom stereocenters. The van der Waals surface area contributed by atoms with E-state index in [1.807, 2.05) is 6.07 Å². The van der Waals surface area contributed by atoms with E-state index in [9.17, 15) is 18.4 Å². The van der Waals surface area contributed by atoms with Crippen molar-refractivity contribution in [2.75, 3.05) is 18.4 Å². The van der Waals surface area contributed by atoms with Crippen LogP contribution in [0.3, 0.4) is 0 Å². The Hall–Kier alpha value is -3.53. The quantitative estimate of drug-likeness (QED) is 0.294. The Morgan fingerprint density at radius 1 is 1.05 bits per heavy atom. The Balaban J connectivity index is 1.28. The number of aliphatic imine (C=N–C) groups is 1. The van der Waals surface area contributed by atoms with Gasteiger partial charge in [-0.25, -0.2) is 18.6 Å². The van der Waals surface area contributed by atoms with Crippen molar-refractivity contribution in [3.63, 3.8) is 0 Å². The average molecular weight is 593 g/mol. The molecule has 2 heterocycles. The van der Waals surface area contributed by atoms with Crippen LogP contribution in [-0.2, 0) is 13.0 Å². The summed E-state index contributed by atoms with van der Waals surface area (Å²) in [6, 6.07) is 9.46. The van der Waals surface area contributed by atoms with E-state index in [4.69, 9.17) is 4.99 Å². The first kappa shape index (κ1) is 29.5. The highest BCUT2D eigenvalue weighted by Gasteiger charge is 2.56. The molecule has 6 atom stereocenters. The lowest BCUT2D eigenvalue weighted by molar-refractivity contribution is -0.108. The van der Waals surface area contributed by atoms with Crippen LogP contribution in [0.4, 0.5) is 14.5 Å². The molecule has 3 N–H and O–H groups in total. The molecule has 10 heteroatoms. The first-order valence-electron chi connectivity index (χ1n) is 15.5. The van der Waals surface area contributed by atoms with Gasteiger partial charge < -0.3 is 20.5 Å². The van der Waals surface area contributed by atoms with E-state index in [1.54, 1.807) is 12.1 Å². The average Bonchev–Trinajstić information content (AvgIpc) is 2.93. The number of fused-ring (bicyclic) bond motifs is 3. The van der Waals surface area contributed by atoms with E-state index in [1.165, 1.54) is 12.5 Å². The van der Waals surface area contributed by atoms with Crippen molar-refractivity contribution in [3.8, 4) is 0 Å². The van der Waals surface area contributed by atoms with Crippen LogP contribution in [0, 0.1) is 34.8 Å². The highest BCUT2D eigenvalue weighted by atomic mass is 19.1. The minimum atomic E-state index is -0.699. The number of aryl methyl sites for hydroxylation is 1. The van der Waals surface area contributed by atoms with E-state index in [2.05, 4.69) is 55.1 Å². The van der Waals surface area contributed by atoms with Crippen molar-refractivity contribution in [3.05, 3.63) is 74.4 Å². The van der Waals surface area contributed by atoms with E-state index < -0.39 is 22.9 Å². The van der Waals surface area contributed by atoms with Gasteiger partial charge >= 0.3 is 5.69 Å². The van der Waals surface area contributed by atoms with E-state index >= 15 is 0 Å². The van der Waals surface area contributed by atoms with Gasteiger partial charge in [0.15, 0.2) is 5.96 Å². The number of aromatic nitrogens is 2. The van der Waals surface area contributed by atoms with Crippen LogP contribution in [0.15, 0.2) is 51.0 Å². The van der Waals surface area contributed by atoms with Gasteiger partial charge in [0.25, 0.3) is 5.56 Å². The molecule has 7 rings (SSSR count). The smallest absolute Gasteiger partial charge is 0.328 e. The molecule has 0 spiro atoms. The van der Waals surface area contributed by atoms with Crippen molar-refractivity contribution in [2.24, 2.45) is 28.2 Å². The SMILES string of the molecule is CC1CN(C(=NC2CC3CC(C2C)C3(C)C)Nc2ccc3c(=O)n(CCc4ccc(F)cc4F)c(=O)[nH]c3c2)CC(C)N1. The number of benzene rings is 2. The summed E-state index contributed by atoms with van der Waals surface area (Å²) in [6.07, 6.45) is 2.46. The summed E-state index contributed by atoms with van der Waals surface area (Å²) in [6.45, 7) is 13.1. The molecule has 2 aromatic carbocycles. The summed E-state index contributed by atoms with van der Waals surface area (Å²) < 4.78 is 28.5. The molecule has 4 fully saturated rings. The minimum absolute atomic E-state index is 0.0266. The second kappa shape index (κ2) is 11.2.